The summed E-state index contributed by atoms with van der Waals surface area (Å²) in [5, 5.41) is 9.17. The molecule has 3 amide bonds. The Kier molecular flexibility index (Phi) is 10.2. The molecule has 7 nitrogen and oxygen atoms in total. The van der Waals surface area contributed by atoms with E-state index in [0.29, 0.717) is 27.3 Å². The summed E-state index contributed by atoms with van der Waals surface area (Å²) in [6, 6.07) is 33.4. The zero-order valence-corrected chi connectivity index (χ0v) is 25.2. The Bertz CT molecular complexity index is 1590. The maximum atomic E-state index is 13.2. The molecule has 0 spiro atoms. The summed E-state index contributed by atoms with van der Waals surface area (Å²) < 4.78 is 0.459. The van der Waals surface area contributed by atoms with Crippen molar-refractivity contribution in [3.05, 3.63) is 130 Å². The van der Waals surface area contributed by atoms with Gasteiger partial charge < -0.3 is 10.6 Å². The van der Waals surface area contributed by atoms with Gasteiger partial charge in [-0.25, -0.2) is 9.78 Å². The molecule has 0 bridgehead atoms. The maximum absolute atomic E-state index is 13.2. The second-order valence-corrected chi connectivity index (χ2v) is 11.8. The van der Waals surface area contributed by atoms with Crippen molar-refractivity contribution in [3.8, 4) is 11.3 Å². The number of rotatable bonds is 11. The number of carbonyl (C=O) groups excluding carboxylic acids is 2. The van der Waals surface area contributed by atoms with E-state index in [-0.39, 0.29) is 23.9 Å². The second kappa shape index (κ2) is 14.6. The van der Waals surface area contributed by atoms with Crippen LogP contribution in [0.3, 0.4) is 0 Å². The van der Waals surface area contributed by atoms with Crippen molar-refractivity contribution in [2.75, 3.05) is 10.6 Å². The lowest BCUT2D eigenvalue weighted by molar-refractivity contribution is -0.114. The fraction of sp³-hybridized carbons (Fsp3) is 0.176. The lowest BCUT2D eigenvalue weighted by atomic mass is 9.86. The number of thiazole rings is 1. The van der Waals surface area contributed by atoms with Crippen LogP contribution in [0.5, 0.6) is 0 Å². The molecule has 9 heteroatoms. The van der Waals surface area contributed by atoms with Crippen LogP contribution >= 0.6 is 22.9 Å². The number of nitrogens with one attached hydrogen (secondary N) is 3. The number of hydrogen-bond acceptors (Lipinski definition) is 5. The lowest BCUT2D eigenvalue weighted by Gasteiger charge is -2.23. The number of hydrogen-bond donors (Lipinski definition) is 3. The number of aromatic nitrogens is 2. The Morgan fingerprint density at radius 3 is 2.07 bits per heavy atom. The largest absolute Gasteiger partial charge is 0.335 e. The van der Waals surface area contributed by atoms with Gasteiger partial charge in [0.15, 0.2) is 5.13 Å². The summed E-state index contributed by atoms with van der Waals surface area (Å²) in [5.41, 5.74) is 5.42. The fourth-order valence-corrected chi connectivity index (χ4v) is 6.11. The Balaban J connectivity index is 1.29. The van der Waals surface area contributed by atoms with Crippen LogP contribution in [-0.4, -0.2) is 27.9 Å². The van der Waals surface area contributed by atoms with Gasteiger partial charge in [0.1, 0.15) is 10.0 Å². The molecule has 2 heterocycles. The Labute approximate surface area is 260 Å². The molecule has 1 atom stereocenters. The third-order valence-electron chi connectivity index (χ3n) is 7.01. The van der Waals surface area contributed by atoms with Crippen molar-refractivity contribution >= 4 is 45.7 Å². The first kappa shape index (κ1) is 29.9. The van der Waals surface area contributed by atoms with Crippen LogP contribution in [0, 0.1) is 0 Å². The number of halogens is 1. The topological polar surface area (TPSA) is 96.0 Å². The van der Waals surface area contributed by atoms with Crippen LogP contribution < -0.4 is 16.0 Å². The van der Waals surface area contributed by atoms with Crippen molar-refractivity contribution in [3.63, 3.8) is 0 Å². The van der Waals surface area contributed by atoms with E-state index in [0.717, 1.165) is 24.1 Å². The molecule has 43 heavy (non-hydrogen) atoms. The van der Waals surface area contributed by atoms with E-state index in [1.54, 1.807) is 18.3 Å². The van der Waals surface area contributed by atoms with Gasteiger partial charge in [0.05, 0.1) is 0 Å². The van der Waals surface area contributed by atoms with E-state index in [2.05, 4.69) is 74.4 Å². The molecule has 3 aromatic carbocycles. The Morgan fingerprint density at radius 2 is 1.47 bits per heavy atom. The first-order valence-corrected chi connectivity index (χ1v) is 15.3. The zero-order chi connectivity index (χ0) is 30.0. The maximum Gasteiger partial charge on any atom is 0.321 e. The lowest BCUT2D eigenvalue weighted by Crippen LogP contribution is -2.39. The van der Waals surface area contributed by atoms with Crippen LogP contribution in [0.4, 0.5) is 15.6 Å². The second-order valence-electron chi connectivity index (χ2n) is 10.2. The summed E-state index contributed by atoms with van der Waals surface area (Å²) in [5.74, 6) is 0.0461. The van der Waals surface area contributed by atoms with Crippen LogP contribution in [0.2, 0.25) is 4.34 Å². The van der Waals surface area contributed by atoms with Crippen molar-refractivity contribution in [1.29, 1.82) is 0 Å². The highest BCUT2D eigenvalue weighted by Crippen LogP contribution is 2.36. The number of urea groups is 1. The zero-order valence-electron chi connectivity index (χ0n) is 23.7. The fourth-order valence-electron chi connectivity index (χ4n) is 5.03. The standard InChI is InChI=1S/C34H32ClN5O2S/c1-23(41)37-27-17-15-26(16-18-27)31-32(35)43-34(39-31)40-33(42)38-29(22-28-14-8-9-21-36-28)19-20-30(24-10-4-2-5-11-24)25-12-6-3-7-13-25/h2-18,21,29-30H,19-20,22H2,1H3,(H,37,41)(H2,38,39,40,42). The van der Waals surface area contributed by atoms with Gasteiger partial charge in [-0.15, -0.1) is 0 Å². The van der Waals surface area contributed by atoms with E-state index < -0.39 is 0 Å². The number of carbonyl (C=O) groups is 2. The molecule has 0 aliphatic heterocycles. The molecule has 218 valence electrons. The quantitative estimate of drug-likeness (QED) is 0.141. The third-order valence-corrected chi connectivity index (χ3v) is 8.18. The summed E-state index contributed by atoms with van der Waals surface area (Å²) in [6.45, 7) is 1.46. The molecule has 0 aliphatic carbocycles. The molecule has 0 aliphatic rings. The van der Waals surface area contributed by atoms with Gasteiger partial charge in [0, 0.05) is 48.4 Å². The molecule has 1 unspecified atom stereocenters. The van der Waals surface area contributed by atoms with E-state index in [1.807, 2.05) is 42.5 Å². The van der Waals surface area contributed by atoms with Crippen LogP contribution in [-0.2, 0) is 11.2 Å². The molecule has 0 fully saturated rings. The van der Waals surface area contributed by atoms with Crippen LogP contribution in [0.1, 0.15) is 42.5 Å². The molecule has 0 radical (unpaired) electrons. The minimum Gasteiger partial charge on any atom is -0.335 e. The third kappa shape index (κ3) is 8.50. The first-order valence-electron chi connectivity index (χ1n) is 14.1. The van der Waals surface area contributed by atoms with Crippen LogP contribution in [0.25, 0.3) is 11.3 Å². The summed E-state index contributed by atoms with van der Waals surface area (Å²) in [4.78, 5) is 33.6. The highest BCUT2D eigenvalue weighted by molar-refractivity contribution is 7.20. The summed E-state index contributed by atoms with van der Waals surface area (Å²) >= 11 is 7.70. The summed E-state index contributed by atoms with van der Waals surface area (Å²) in [7, 11) is 0. The van der Waals surface area contributed by atoms with E-state index >= 15 is 0 Å². The van der Waals surface area contributed by atoms with Gasteiger partial charge in [-0.1, -0.05) is 102 Å². The average Bonchev–Trinajstić information content (AvgIpc) is 3.38. The number of benzene rings is 3. The molecule has 3 N–H and O–H groups in total. The van der Waals surface area contributed by atoms with Gasteiger partial charge in [-0.2, -0.15) is 0 Å². The number of amides is 3. The predicted molar refractivity (Wildman–Crippen MR) is 175 cm³/mol. The van der Waals surface area contributed by atoms with Crippen molar-refractivity contribution in [2.45, 2.75) is 38.1 Å². The average molecular weight is 610 g/mol. The molecule has 5 aromatic rings. The molecule has 5 rings (SSSR count). The highest BCUT2D eigenvalue weighted by Gasteiger charge is 2.21. The molecular weight excluding hydrogens is 578 g/mol. The van der Waals surface area contributed by atoms with Crippen molar-refractivity contribution < 1.29 is 9.59 Å². The predicted octanol–water partition coefficient (Wildman–Crippen LogP) is 8.16. The number of pyridine rings is 1. The monoisotopic (exact) mass is 609 g/mol. The summed E-state index contributed by atoms with van der Waals surface area (Å²) in [6.07, 6.45) is 3.94. The van der Waals surface area contributed by atoms with Crippen molar-refractivity contribution in [1.82, 2.24) is 15.3 Å². The van der Waals surface area contributed by atoms with Gasteiger partial charge >= 0.3 is 6.03 Å². The van der Waals surface area contributed by atoms with Gasteiger partial charge in [0.2, 0.25) is 5.91 Å². The number of nitrogens with zero attached hydrogens (tertiary/aromatic N) is 2. The minimum atomic E-state index is -0.352. The molecule has 0 saturated carbocycles. The highest BCUT2D eigenvalue weighted by atomic mass is 35.5. The minimum absolute atomic E-state index is 0.144. The molecule has 0 saturated heterocycles. The normalized spacial score (nSPS) is 11.6. The Morgan fingerprint density at radius 1 is 0.814 bits per heavy atom. The molecular formula is C34H32ClN5O2S. The van der Waals surface area contributed by atoms with Crippen LogP contribution in [0.15, 0.2) is 109 Å². The Hall–Kier alpha value is -4.53. The van der Waals surface area contributed by atoms with Gasteiger partial charge in [-0.3, -0.25) is 15.1 Å². The van der Waals surface area contributed by atoms with Gasteiger partial charge in [-0.05, 0) is 48.2 Å². The van der Waals surface area contributed by atoms with E-state index in [1.165, 1.54) is 29.4 Å². The first-order chi connectivity index (χ1) is 20.9. The molecule has 2 aromatic heterocycles. The van der Waals surface area contributed by atoms with E-state index in [9.17, 15) is 9.59 Å². The smallest absolute Gasteiger partial charge is 0.321 e. The van der Waals surface area contributed by atoms with Crippen molar-refractivity contribution in [2.24, 2.45) is 0 Å². The SMILES string of the molecule is CC(=O)Nc1ccc(-c2nc(NC(=O)NC(CCC(c3ccccc3)c3ccccc3)Cc3ccccn3)sc2Cl)cc1. The van der Waals surface area contributed by atoms with Gasteiger partial charge in [0.25, 0.3) is 0 Å². The van der Waals surface area contributed by atoms with E-state index in [4.69, 9.17) is 11.6 Å². The number of anilines is 2.